The monoisotopic (exact) mass is 295 g/mol. The van der Waals surface area contributed by atoms with Crippen LogP contribution in [0.3, 0.4) is 0 Å². The van der Waals surface area contributed by atoms with Gasteiger partial charge in [-0.25, -0.2) is 14.6 Å². The summed E-state index contributed by atoms with van der Waals surface area (Å²) >= 11 is 0. The SMILES string of the molecule is CN1CCC(NC(=O)NC(Cc2cnc[nH]2)C(=O)O)C1=O. The van der Waals surface area contributed by atoms with E-state index in [0.29, 0.717) is 18.7 Å². The fourth-order valence-electron chi connectivity index (χ4n) is 2.13. The summed E-state index contributed by atoms with van der Waals surface area (Å²) in [5.74, 6) is -1.33. The molecular weight excluding hydrogens is 278 g/mol. The quantitative estimate of drug-likeness (QED) is 0.550. The van der Waals surface area contributed by atoms with Gasteiger partial charge in [0.25, 0.3) is 0 Å². The fourth-order valence-corrected chi connectivity index (χ4v) is 2.13. The van der Waals surface area contributed by atoms with Crippen molar-refractivity contribution in [2.45, 2.75) is 24.9 Å². The Labute approximate surface area is 120 Å². The van der Waals surface area contributed by atoms with E-state index in [1.54, 1.807) is 7.05 Å². The summed E-state index contributed by atoms with van der Waals surface area (Å²) in [6.45, 7) is 0.570. The van der Waals surface area contributed by atoms with Crippen molar-refractivity contribution in [1.29, 1.82) is 0 Å². The molecule has 9 nitrogen and oxygen atoms in total. The molecule has 21 heavy (non-hydrogen) atoms. The van der Waals surface area contributed by atoms with Gasteiger partial charge in [0.15, 0.2) is 0 Å². The van der Waals surface area contributed by atoms with Gasteiger partial charge in [-0.2, -0.15) is 0 Å². The Morgan fingerprint density at radius 2 is 2.38 bits per heavy atom. The first-order valence-corrected chi connectivity index (χ1v) is 6.49. The summed E-state index contributed by atoms with van der Waals surface area (Å²) < 4.78 is 0. The van der Waals surface area contributed by atoms with E-state index in [9.17, 15) is 14.4 Å². The Balaban J connectivity index is 1.89. The lowest BCUT2D eigenvalue weighted by Gasteiger charge is -2.17. The fraction of sp³-hybridized carbons (Fsp3) is 0.500. The maximum atomic E-state index is 11.8. The normalized spacial score (nSPS) is 19.4. The molecule has 2 unspecified atom stereocenters. The number of hydrogen-bond donors (Lipinski definition) is 4. The summed E-state index contributed by atoms with van der Waals surface area (Å²) in [5.41, 5.74) is 0.597. The predicted octanol–water partition coefficient (Wildman–Crippen LogP) is -1.06. The van der Waals surface area contributed by atoms with Gasteiger partial charge in [-0.3, -0.25) is 4.79 Å². The summed E-state index contributed by atoms with van der Waals surface area (Å²) in [7, 11) is 1.65. The third-order valence-corrected chi connectivity index (χ3v) is 3.32. The van der Waals surface area contributed by atoms with Crippen molar-refractivity contribution in [2.75, 3.05) is 13.6 Å². The van der Waals surface area contributed by atoms with E-state index in [2.05, 4.69) is 20.6 Å². The van der Waals surface area contributed by atoms with Crippen molar-refractivity contribution < 1.29 is 19.5 Å². The summed E-state index contributed by atoms with van der Waals surface area (Å²) in [5, 5.41) is 14.0. The van der Waals surface area contributed by atoms with Crippen molar-refractivity contribution in [3.63, 3.8) is 0 Å². The van der Waals surface area contributed by atoms with Crippen LogP contribution >= 0.6 is 0 Å². The number of carboxylic acids is 1. The molecule has 0 saturated carbocycles. The number of aromatic nitrogens is 2. The second-order valence-electron chi connectivity index (χ2n) is 4.89. The van der Waals surface area contributed by atoms with E-state index < -0.39 is 24.1 Å². The zero-order valence-corrected chi connectivity index (χ0v) is 11.5. The standard InChI is InChI=1S/C12H17N5O4/c1-17-3-2-8(10(17)18)15-12(21)16-9(11(19)20)4-7-5-13-6-14-7/h5-6,8-9H,2-4H2,1H3,(H,13,14)(H,19,20)(H2,15,16,21). The number of nitrogens with zero attached hydrogens (tertiary/aromatic N) is 2. The van der Waals surface area contributed by atoms with Gasteiger partial charge < -0.3 is 25.6 Å². The van der Waals surface area contributed by atoms with E-state index in [-0.39, 0.29) is 12.3 Å². The lowest BCUT2D eigenvalue weighted by Crippen LogP contribution is -2.51. The molecule has 2 heterocycles. The zero-order chi connectivity index (χ0) is 15.4. The molecule has 9 heteroatoms. The average Bonchev–Trinajstić information content (AvgIpc) is 3.03. The first-order chi connectivity index (χ1) is 9.97. The molecule has 1 saturated heterocycles. The third-order valence-electron chi connectivity index (χ3n) is 3.32. The number of amides is 3. The molecule has 1 aliphatic heterocycles. The van der Waals surface area contributed by atoms with Crippen molar-refractivity contribution in [3.05, 3.63) is 18.2 Å². The van der Waals surface area contributed by atoms with Gasteiger partial charge in [-0.1, -0.05) is 0 Å². The number of imidazole rings is 1. The first kappa shape index (κ1) is 14.8. The third kappa shape index (κ3) is 3.71. The van der Waals surface area contributed by atoms with Crippen LogP contribution in [0.5, 0.6) is 0 Å². The van der Waals surface area contributed by atoms with Crippen molar-refractivity contribution in [2.24, 2.45) is 0 Å². The Kier molecular flexibility index (Phi) is 4.41. The molecular formula is C12H17N5O4. The molecule has 1 aliphatic rings. The number of urea groups is 1. The maximum absolute atomic E-state index is 11.8. The number of likely N-dealkylation sites (N-methyl/N-ethyl adjacent to an activating group) is 1. The molecule has 2 atom stereocenters. The maximum Gasteiger partial charge on any atom is 0.326 e. The number of carboxylic acid groups (broad SMARTS) is 1. The van der Waals surface area contributed by atoms with Gasteiger partial charge in [0.1, 0.15) is 12.1 Å². The van der Waals surface area contributed by atoms with Gasteiger partial charge in [0, 0.05) is 31.9 Å². The van der Waals surface area contributed by atoms with Crippen LogP contribution in [-0.4, -0.2) is 63.6 Å². The average molecular weight is 295 g/mol. The second-order valence-corrected chi connectivity index (χ2v) is 4.89. The van der Waals surface area contributed by atoms with Crippen molar-refractivity contribution >= 4 is 17.9 Å². The largest absolute Gasteiger partial charge is 0.480 e. The van der Waals surface area contributed by atoms with E-state index >= 15 is 0 Å². The van der Waals surface area contributed by atoms with E-state index in [0.717, 1.165) is 0 Å². The van der Waals surface area contributed by atoms with Crippen LogP contribution in [0.25, 0.3) is 0 Å². The van der Waals surface area contributed by atoms with E-state index in [4.69, 9.17) is 5.11 Å². The number of rotatable bonds is 5. The molecule has 0 radical (unpaired) electrons. The van der Waals surface area contributed by atoms with Crippen molar-refractivity contribution in [3.8, 4) is 0 Å². The molecule has 3 amide bonds. The number of likely N-dealkylation sites (tertiary alicyclic amines) is 1. The highest BCUT2D eigenvalue weighted by atomic mass is 16.4. The molecule has 0 spiro atoms. The Bertz CT molecular complexity index is 530. The Morgan fingerprint density at radius 3 is 2.90 bits per heavy atom. The minimum atomic E-state index is -1.16. The van der Waals surface area contributed by atoms with E-state index in [1.165, 1.54) is 17.4 Å². The van der Waals surface area contributed by atoms with Crippen LogP contribution in [0.4, 0.5) is 4.79 Å². The molecule has 0 bridgehead atoms. The Morgan fingerprint density at radius 1 is 1.62 bits per heavy atom. The molecule has 4 N–H and O–H groups in total. The Hall–Kier alpha value is -2.58. The van der Waals surface area contributed by atoms with Crippen LogP contribution in [0.1, 0.15) is 12.1 Å². The lowest BCUT2D eigenvalue weighted by molar-refractivity contribution is -0.139. The number of H-pyrrole nitrogens is 1. The van der Waals surface area contributed by atoms with Crippen LogP contribution in [-0.2, 0) is 16.0 Å². The summed E-state index contributed by atoms with van der Waals surface area (Å²) in [6, 6.07) is -2.37. The smallest absolute Gasteiger partial charge is 0.326 e. The molecule has 2 rings (SSSR count). The van der Waals surface area contributed by atoms with Gasteiger partial charge >= 0.3 is 12.0 Å². The molecule has 0 aromatic carbocycles. The number of hydrogen-bond acceptors (Lipinski definition) is 4. The van der Waals surface area contributed by atoms with Gasteiger partial charge in [-0.15, -0.1) is 0 Å². The first-order valence-electron chi connectivity index (χ1n) is 6.49. The van der Waals surface area contributed by atoms with Crippen LogP contribution in [0, 0.1) is 0 Å². The van der Waals surface area contributed by atoms with Gasteiger partial charge in [0.2, 0.25) is 5.91 Å². The van der Waals surface area contributed by atoms with E-state index in [1.807, 2.05) is 0 Å². The number of carbonyl (C=O) groups excluding carboxylic acids is 2. The lowest BCUT2D eigenvalue weighted by atomic mass is 10.1. The highest BCUT2D eigenvalue weighted by molar-refractivity contribution is 5.89. The predicted molar refractivity (Wildman–Crippen MR) is 71.4 cm³/mol. The summed E-state index contributed by atoms with van der Waals surface area (Å²) in [4.78, 5) is 42.7. The van der Waals surface area contributed by atoms with Crippen LogP contribution < -0.4 is 10.6 Å². The molecule has 1 fully saturated rings. The number of aromatic amines is 1. The molecule has 1 aromatic rings. The topological polar surface area (TPSA) is 127 Å². The minimum Gasteiger partial charge on any atom is -0.480 e. The second kappa shape index (κ2) is 6.25. The number of carbonyl (C=O) groups is 3. The summed E-state index contributed by atoms with van der Waals surface area (Å²) in [6.07, 6.45) is 3.52. The van der Waals surface area contributed by atoms with Gasteiger partial charge in [-0.05, 0) is 6.42 Å². The number of aliphatic carboxylic acids is 1. The van der Waals surface area contributed by atoms with Crippen LogP contribution in [0.15, 0.2) is 12.5 Å². The minimum absolute atomic E-state index is 0.0846. The molecule has 1 aromatic heterocycles. The molecule has 0 aliphatic carbocycles. The molecule has 114 valence electrons. The van der Waals surface area contributed by atoms with Crippen LogP contribution in [0.2, 0.25) is 0 Å². The van der Waals surface area contributed by atoms with Gasteiger partial charge in [0.05, 0.1) is 6.33 Å². The zero-order valence-electron chi connectivity index (χ0n) is 11.5. The highest BCUT2D eigenvalue weighted by Gasteiger charge is 2.31. The highest BCUT2D eigenvalue weighted by Crippen LogP contribution is 2.08. The number of nitrogens with one attached hydrogen (secondary N) is 3. The van der Waals surface area contributed by atoms with Crippen molar-refractivity contribution in [1.82, 2.24) is 25.5 Å².